The third-order valence-corrected chi connectivity index (χ3v) is 15.8. The molecule has 1 aliphatic rings. The lowest BCUT2D eigenvalue weighted by Crippen LogP contribution is -2.61. The molecule has 11 nitrogen and oxygen atoms in total. The Morgan fingerprint density at radius 3 is 1.25 bits per heavy atom. The fourth-order valence-corrected chi connectivity index (χ4v) is 10.2. The first kappa shape index (κ1) is 81.8. The first-order valence-electron chi connectivity index (χ1n) is 35.5. The molecular weight excluding hydrogens is 1100 g/mol. The van der Waals surface area contributed by atoms with Crippen LogP contribution in [0.1, 0.15) is 278 Å². The molecule has 1 aliphatic heterocycles. The van der Waals surface area contributed by atoms with E-state index >= 15 is 0 Å². The molecule has 11 heteroatoms. The van der Waals surface area contributed by atoms with Gasteiger partial charge in [-0.2, -0.15) is 0 Å². The van der Waals surface area contributed by atoms with Gasteiger partial charge >= 0.3 is 5.97 Å². The lowest BCUT2D eigenvalue weighted by Gasteiger charge is -2.41. The van der Waals surface area contributed by atoms with Crippen LogP contribution in [0.5, 0.6) is 0 Å². The Balaban J connectivity index is 2.61. The molecule has 1 rings (SSSR count). The van der Waals surface area contributed by atoms with E-state index in [4.69, 9.17) is 14.2 Å². The maximum atomic E-state index is 13.5. The van der Waals surface area contributed by atoms with Gasteiger partial charge in [-0.25, -0.2) is 0 Å². The molecule has 8 unspecified atom stereocenters. The number of nitrogens with one attached hydrogen (secondary N) is 1. The molecule has 0 bridgehead atoms. The number of aliphatic hydroxyl groups is 5. The van der Waals surface area contributed by atoms with Crippen LogP contribution in [0.4, 0.5) is 0 Å². The maximum Gasteiger partial charge on any atom is 0.306 e. The van der Waals surface area contributed by atoms with Crippen molar-refractivity contribution in [1.82, 2.24) is 5.32 Å². The molecule has 0 aromatic heterocycles. The van der Waals surface area contributed by atoms with E-state index in [0.29, 0.717) is 12.8 Å². The number of allylic oxidation sites excluding steroid dienone is 21. The Hall–Kier alpha value is -4.20. The summed E-state index contributed by atoms with van der Waals surface area (Å²) in [5.41, 5.74) is 0. The number of ether oxygens (including phenoxy) is 3. The van der Waals surface area contributed by atoms with Crippen molar-refractivity contribution in [3.05, 3.63) is 134 Å². The zero-order valence-corrected chi connectivity index (χ0v) is 55.8. The number of carbonyl (C=O) groups is 2. The minimum Gasteiger partial charge on any atom is -0.454 e. The molecule has 1 fully saturated rings. The molecule has 0 aromatic carbocycles. The molecule has 1 heterocycles. The Morgan fingerprint density at radius 1 is 0.455 bits per heavy atom. The van der Waals surface area contributed by atoms with Gasteiger partial charge in [0.2, 0.25) is 5.91 Å². The van der Waals surface area contributed by atoms with Crippen LogP contribution < -0.4 is 5.32 Å². The maximum absolute atomic E-state index is 13.5. The second kappa shape index (κ2) is 63.0. The van der Waals surface area contributed by atoms with Gasteiger partial charge in [0, 0.05) is 6.42 Å². The summed E-state index contributed by atoms with van der Waals surface area (Å²) in [5, 5.41) is 57.2. The van der Waals surface area contributed by atoms with Gasteiger partial charge < -0.3 is 45.1 Å². The zero-order chi connectivity index (χ0) is 63.9. The van der Waals surface area contributed by atoms with Gasteiger partial charge in [0.05, 0.1) is 25.4 Å². The van der Waals surface area contributed by atoms with Crippen LogP contribution >= 0.6 is 0 Å². The van der Waals surface area contributed by atoms with E-state index in [0.717, 1.165) is 154 Å². The van der Waals surface area contributed by atoms with Crippen LogP contribution in [0, 0.1) is 0 Å². The van der Waals surface area contributed by atoms with Crippen molar-refractivity contribution in [3.63, 3.8) is 0 Å². The van der Waals surface area contributed by atoms with Crippen molar-refractivity contribution in [2.24, 2.45) is 0 Å². The fourth-order valence-electron chi connectivity index (χ4n) is 10.2. The first-order chi connectivity index (χ1) is 43.2. The van der Waals surface area contributed by atoms with Gasteiger partial charge in [0.25, 0.3) is 0 Å². The monoisotopic (exact) mass is 1230 g/mol. The molecule has 0 aromatic rings. The fraction of sp³-hybridized carbons (Fsp3) is 0.688. The lowest BCUT2D eigenvalue weighted by atomic mass is 9.99. The summed E-state index contributed by atoms with van der Waals surface area (Å²) < 4.78 is 17.7. The highest BCUT2D eigenvalue weighted by Gasteiger charge is 2.47. The highest BCUT2D eigenvalue weighted by molar-refractivity contribution is 5.80. The highest BCUT2D eigenvalue weighted by atomic mass is 16.7. The van der Waals surface area contributed by atoms with E-state index in [1.54, 1.807) is 6.08 Å². The topological polar surface area (TPSA) is 175 Å². The van der Waals surface area contributed by atoms with Gasteiger partial charge in [-0.15, -0.1) is 0 Å². The number of unbranched alkanes of at least 4 members (excludes halogenated alkanes) is 25. The van der Waals surface area contributed by atoms with E-state index in [-0.39, 0.29) is 19.4 Å². The van der Waals surface area contributed by atoms with E-state index in [1.165, 1.54) is 77.0 Å². The third kappa shape index (κ3) is 49.6. The molecule has 88 heavy (non-hydrogen) atoms. The van der Waals surface area contributed by atoms with Crippen molar-refractivity contribution in [2.75, 3.05) is 13.2 Å². The minimum atomic E-state index is -1.63. The molecule has 1 saturated heterocycles. The number of rotatable bonds is 59. The van der Waals surface area contributed by atoms with Crippen LogP contribution in [0.2, 0.25) is 0 Å². The van der Waals surface area contributed by atoms with Crippen molar-refractivity contribution in [1.29, 1.82) is 0 Å². The largest absolute Gasteiger partial charge is 0.454 e. The quantitative estimate of drug-likeness (QED) is 0.0195. The molecule has 0 spiro atoms. The van der Waals surface area contributed by atoms with Crippen LogP contribution in [-0.2, 0) is 23.8 Å². The van der Waals surface area contributed by atoms with Gasteiger partial charge in [-0.3, -0.25) is 9.59 Å². The standard InChI is InChI=1S/C77H129NO10/c1-4-7-10-13-16-19-22-25-27-29-31-33-34-35-36-37-39-40-42-44-46-49-52-55-58-61-64-70(81)76(85)78-68(69(80)63-60-57-54-51-48-24-21-18-15-12-9-6-3)67-86-77-75(74(84)73(83)71(66-79)87-77)88-72(82)65-62-59-56-53-50-47-45-43-41-38-32-30-28-26-23-20-17-14-11-8-5-2/h7,10,16-17,19-20,25-28,31-33,35-36,38-40,43,45,60,63,68-71,73-75,77,79-81,83-84H,4-6,8-9,11-15,18,21-24,29-30,34,37,41-42,44,46-59,61-62,64-67H2,1-3H3,(H,78,85)/b10-7-,19-16-,20-17-,27-25-,28-26-,33-31-,36-35-,38-32-,40-39-,45-43-,63-60+. The molecule has 0 aliphatic carbocycles. The Kier molecular flexibility index (Phi) is 58.5. The summed E-state index contributed by atoms with van der Waals surface area (Å²) in [6.45, 7) is 5.64. The summed E-state index contributed by atoms with van der Waals surface area (Å²) in [7, 11) is 0. The summed E-state index contributed by atoms with van der Waals surface area (Å²) >= 11 is 0. The van der Waals surface area contributed by atoms with Crippen molar-refractivity contribution >= 4 is 11.9 Å². The Bertz CT molecular complexity index is 1950. The van der Waals surface area contributed by atoms with Crippen molar-refractivity contribution < 1.29 is 49.3 Å². The smallest absolute Gasteiger partial charge is 0.306 e. The van der Waals surface area contributed by atoms with Crippen LogP contribution in [0.25, 0.3) is 0 Å². The number of hydrogen-bond donors (Lipinski definition) is 6. The van der Waals surface area contributed by atoms with Crippen LogP contribution in [0.15, 0.2) is 134 Å². The summed E-state index contributed by atoms with van der Waals surface area (Å²) in [6.07, 6.45) is 79.1. The van der Waals surface area contributed by atoms with E-state index in [2.05, 4.69) is 148 Å². The Morgan fingerprint density at radius 2 is 0.818 bits per heavy atom. The SMILES string of the molecule is CC/C=C\C/C=C\C/C=C\C/C=C\C/C=C\C/C=C\CCCCCCCCCC(O)C(=O)NC(COC1OC(CO)C(O)C(O)C1OC(=O)CCCCCCC/C=C\C/C=C\C/C=C\C/C=C\CCCCC)C(O)/C=C/CCCCCCCCCCCC. The van der Waals surface area contributed by atoms with Crippen LogP contribution in [0.3, 0.4) is 0 Å². The van der Waals surface area contributed by atoms with Crippen molar-refractivity contribution in [2.45, 2.75) is 327 Å². The van der Waals surface area contributed by atoms with Gasteiger partial charge in [-0.1, -0.05) is 283 Å². The predicted molar refractivity (Wildman–Crippen MR) is 370 cm³/mol. The van der Waals surface area contributed by atoms with Crippen molar-refractivity contribution in [3.8, 4) is 0 Å². The number of aliphatic hydroxyl groups excluding tert-OH is 5. The predicted octanol–water partition coefficient (Wildman–Crippen LogP) is 18.3. The molecule has 0 radical (unpaired) electrons. The normalized spacial score (nSPS) is 19.0. The molecular formula is C77H129NO10. The van der Waals surface area contributed by atoms with Gasteiger partial charge in [-0.05, 0) is 122 Å². The molecule has 0 saturated carbocycles. The van der Waals surface area contributed by atoms with Crippen LogP contribution in [-0.4, -0.2) is 99.6 Å². The van der Waals surface area contributed by atoms with Gasteiger partial charge in [0.15, 0.2) is 12.4 Å². The summed E-state index contributed by atoms with van der Waals surface area (Å²) in [6, 6.07) is -1.04. The third-order valence-electron chi connectivity index (χ3n) is 15.8. The summed E-state index contributed by atoms with van der Waals surface area (Å²) in [5.74, 6) is -1.23. The second-order valence-electron chi connectivity index (χ2n) is 23.9. The molecule has 502 valence electrons. The highest BCUT2D eigenvalue weighted by Crippen LogP contribution is 2.26. The molecule has 8 atom stereocenters. The molecule has 1 amide bonds. The zero-order valence-electron chi connectivity index (χ0n) is 55.8. The number of carbonyl (C=O) groups excluding carboxylic acids is 2. The van der Waals surface area contributed by atoms with E-state index in [1.807, 2.05) is 6.08 Å². The average Bonchev–Trinajstić information content (AvgIpc) is 1.25. The Labute approximate surface area is 537 Å². The summed E-state index contributed by atoms with van der Waals surface area (Å²) in [4.78, 5) is 26.7. The van der Waals surface area contributed by atoms with Gasteiger partial charge in [0.1, 0.15) is 24.4 Å². The first-order valence-corrected chi connectivity index (χ1v) is 35.5. The van der Waals surface area contributed by atoms with E-state index < -0.39 is 67.4 Å². The second-order valence-corrected chi connectivity index (χ2v) is 23.9. The number of hydrogen-bond acceptors (Lipinski definition) is 10. The average molecular weight is 1230 g/mol. The number of esters is 1. The number of amides is 1. The lowest BCUT2D eigenvalue weighted by molar-refractivity contribution is -0.305. The van der Waals surface area contributed by atoms with E-state index in [9.17, 15) is 35.1 Å². The molecule has 6 N–H and O–H groups in total. The minimum absolute atomic E-state index is 0.0947.